The van der Waals surface area contributed by atoms with E-state index in [1.165, 1.54) is 22.3 Å². The molecule has 0 aliphatic rings. The van der Waals surface area contributed by atoms with Gasteiger partial charge in [-0.3, -0.25) is 22.3 Å². The van der Waals surface area contributed by atoms with Crippen LogP contribution in [0.5, 0.6) is 0 Å². The molecule has 0 nitrogen and oxygen atoms in total. The quantitative estimate of drug-likeness (QED) is 0.546. The molecule has 0 aliphatic carbocycles. The molecule has 0 aromatic heterocycles. The molecular formula is C11H13RhY-3. The van der Waals surface area contributed by atoms with Crippen molar-refractivity contribution in [3.05, 3.63) is 41.3 Å². The van der Waals surface area contributed by atoms with E-state index in [1.807, 2.05) is 0 Å². The van der Waals surface area contributed by atoms with Gasteiger partial charge in [-0.25, -0.2) is 6.42 Å². The van der Waals surface area contributed by atoms with Crippen LogP contribution in [0.3, 0.4) is 0 Å². The minimum absolute atomic E-state index is 0. The maximum atomic E-state index is 3.84. The van der Waals surface area contributed by atoms with Crippen LogP contribution in [0.1, 0.15) is 22.3 Å². The van der Waals surface area contributed by atoms with Gasteiger partial charge in [0.15, 0.2) is 0 Å². The van der Waals surface area contributed by atoms with Gasteiger partial charge in [-0.2, -0.15) is 0 Å². The van der Waals surface area contributed by atoms with Gasteiger partial charge in [-0.15, -0.1) is 20.8 Å². The van der Waals surface area contributed by atoms with E-state index >= 15 is 0 Å². The molecule has 0 atom stereocenters. The third kappa shape index (κ3) is 4.32. The van der Waals surface area contributed by atoms with Crippen LogP contribution in [0.25, 0.3) is 0 Å². The van der Waals surface area contributed by atoms with Crippen molar-refractivity contribution in [3.8, 4) is 0 Å². The van der Waals surface area contributed by atoms with Crippen molar-refractivity contribution in [1.29, 1.82) is 0 Å². The summed E-state index contributed by atoms with van der Waals surface area (Å²) >= 11 is 0. The summed E-state index contributed by atoms with van der Waals surface area (Å²) in [6.07, 6.45) is 0.809. The first-order valence-electron chi connectivity index (χ1n) is 3.85. The average molecular weight is 337 g/mol. The van der Waals surface area contributed by atoms with Gasteiger partial charge in [0.05, 0.1) is 0 Å². The van der Waals surface area contributed by atoms with E-state index in [1.54, 1.807) is 0 Å². The molecular weight excluding hydrogens is 324 g/mol. The predicted octanol–water partition coefficient (Wildman–Crippen LogP) is 2.58. The zero-order chi connectivity index (χ0) is 8.43. The standard InChI is InChI=1S/C11H13.Rh.Y/c1-5-11-7-9(3)8(2)6-10(11)4;;/h1,5H2,2-4H3;;/q-3;;. The summed E-state index contributed by atoms with van der Waals surface area (Å²) in [5.74, 6) is 0. The monoisotopic (exact) mass is 337 g/mol. The Bertz CT molecular complexity index is 269. The fourth-order valence-corrected chi connectivity index (χ4v) is 1.11. The molecule has 2 heteroatoms. The van der Waals surface area contributed by atoms with E-state index in [-0.39, 0.29) is 52.2 Å². The molecule has 0 N–H and O–H groups in total. The van der Waals surface area contributed by atoms with Gasteiger partial charge in [0.1, 0.15) is 0 Å². The van der Waals surface area contributed by atoms with E-state index < -0.39 is 0 Å². The Morgan fingerprint density at radius 3 is 1.92 bits per heavy atom. The first kappa shape index (κ1) is 16.4. The van der Waals surface area contributed by atoms with E-state index in [0.29, 0.717) is 0 Å². The Kier molecular flexibility index (Phi) is 9.16. The summed E-state index contributed by atoms with van der Waals surface area (Å²) < 4.78 is 0. The van der Waals surface area contributed by atoms with Crippen LogP contribution in [0, 0.1) is 39.8 Å². The van der Waals surface area contributed by atoms with Crippen molar-refractivity contribution in [3.63, 3.8) is 0 Å². The number of hydrogen-bond donors (Lipinski definition) is 0. The summed E-state index contributed by atoms with van der Waals surface area (Å²) in [4.78, 5) is 0. The summed E-state index contributed by atoms with van der Waals surface area (Å²) in [5, 5.41) is 0. The Morgan fingerprint density at radius 2 is 1.46 bits per heavy atom. The van der Waals surface area contributed by atoms with Crippen LogP contribution < -0.4 is 0 Å². The van der Waals surface area contributed by atoms with Crippen LogP contribution in [0.2, 0.25) is 0 Å². The summed E-state index contributed by atoms with van der Waals surface area (Å²) in [7, 11) is 0. The smallest absolute Gasteiger partial charge is 0 e. The van der Waals surface area contributed by atoms with Crippen molar-refractivity contribution < 1.29 is 52.2 Å². The van der Waals surface area contributed by atoms with Gasteiger partial charge in [0, 0.05) is 52.2 Å². The molecule has 0 aliphatic heterocycles. The molecule has 0 saturated heterocycles. The van der Waals surface area contributed by atoms with Crippen LogP contribution >= 0.6 is 0 Å². The van der Waals surface area contributed by atoms with Gasteiger partial charge in [-0.05, 0) is 0 Å². The average Bonchev–Trinajstić information content (AvgIpc) is 1.97. The second kappa shape index (κ2) is 7.27. The molecule has 1 aromatic rings. The first-order chi connectivity index (χ1) is 5.15. The van der Waals surface area contributed by atoms with Crippen molar-refractivity contribution >= 4 is 0 Å². The minimum Gasteiger partial charge on any atom is -0.352 e. The van der Waals surface area contributed by atoms with Crippen molar-refractivity contribution in [2.45, 2.75) is 27.2 Å². The van der Waals surface area contributed by atoms with Gasteiger partial charge in [0.25, 0.3) is 0 Å². The normalized spacial score (nSPS) is 8.62. The van der Waals surface area contributed by atoms with Crippen molar-refractivity contribution in [2.75, 3.05) is 0 Å². The molecule has 0 amide bonds. The van der Waals surface area contributed by atoms with Gasteiger partial charge < -0.3 is 19.1 Å². The van der Waals surface area contributed by atoms with E-state index in [2.05, 4.69) is 39.8 Å². The molecule has 0 heterocycles. The van der Waals surface area contributed by atoms with Crippen LogP contribution in [-0.2, 0) is 58.6 Å². The molecule has 0 saturated carbocycles. The summed E-state index contributed by atoms with van der Waals surface area (Å²) in [5.41, 5.74) is 4.75. The molecule has 2 radical (unpaired) electrons. The van der Waals surface area contributed by atoms with Gasteiger partial charge >= 0.3 is 0 Å². The predicted molar refractivity (Wildman–Crippen MR) is 47.4 cm³/mol. The summed E-state index contributed by atoms with van der Waals surface area (Å²) in [6.45, 7) is 10.0. The molecule has 13 heavy (non-hydrogen) atoms. The molecule has 0 fully saturated rings. The van der Waals surface area contributed by atoms with E-state index in [0.717, 1.165) is 6.42 Å². The molecule has 72 valence electrons. The fraction of sp³-hybridized carbons (Fsp3) is 0.364. The first-order valence-corrected chi connectivity index (χ1v) is 3.85. The van der Waals surface area contributed by atoms with Crippen molar-refractivity contribution in [2.24, 2.45) is 0 Å². The SMILES string of the molecule is [CH2-]Cc1[c-]c(C)c(C)[c-]c1C.[Rh].[Y]. The summed E-state index contributed by atoms with van der Waals surface area (Å²) in [6, 6.07) is 6.59. The molecule has 0 spiro atoms. The zero-order valence-corrected chi connectivity index (χ0v) is 12.8. The second-order valence-electron chi connectivity index (χ2n) is 2.85. The number of benzene rings is 1. The van der Waals surface area contributed by atoms with Crippen molar-refractivity contribution in [1.82, 2.24) is 0 Å². The van der Waals surface area contributed by atoms with Gasteiger partial charge in [-0.1, -0.05) is 0 Å². The Balaban J connectivity index is 0. The molecule has 0 bridgehead atoms. The number of hydrogen-bond acceptors (Lipinski definition) is 0. The zero-order valence-electron chi connectivity index (χ0n) is 8.32. The second-order valence-corrected chi connectivity index (χ2v) is 2.85. The minimum atomic E-state index is 0. The third-order valence-electron chi connectivity index (χ3n) is 1.98. The largest absolute Gasteiger partial charge is 0.352 e. The van der Waals surface area contributed by atoms with Crippen LogP contribution in [-0.4, -0.2) is 0 Å². The Morgan fingerprint density at radius 1 is 1.00 bits per heavy atom. The van der Waals surface area contributed by atoms with Crippen LogP contribution in [0.15, 0.2) is 0 Å². The maximum absolute atomic E-state index is 3.84. The Hall–Kier alpha value is 0.947. The third-order valence-corrected chi connectivity index (χ3v) is 1.98. The van der Waals surface area contributed by atoms with E-state index in [9.17, 15) is 0 Å². The molecule has 1 aromatic carbocycles. The fourth-order valence-electron chi connectivity index (χ4n) is 1.11. The van der Waals surface area contributed by atoms with Crippen LogP contribution in [0.4, 0.5) is 0 Å². The van der Waals surface area contributed by atoms with Gasteiger partial charge in [0.2, 0.25) is 0 Å². The number of aryl methyl sites for hydroxylation is 3. The number of rotatable bonds is 1. The Labute approximate surface area is 120 Å². The maximum Gasteiger partial charge on any atom is 0 e. The van der Waals surface area contributed by atoms with E-state index in [4.69, 9.17) is 0 Å². The topological polar surface area (TPSA) is 0 Å². The molecule has 1 rings (SSSR count). The molecule has 0 unspecified atom stereocenters.